The minimum Gasteiger partial charge on any atom is -0.322 e. The van der Waals surface area contributed by atoms with Crippen molar-refractivity contribution in [2.75, 3.05) is 5.32 Å². The van der Waals surface area contributed by atoms with E-state index in [0.717, 1.165) is 21.6 Å². The van der Waals surface area contributed by atoms with E-state index < -0.39 is 11.5 Å². The van der Waals surface area contributed by atoms with Crippen LogP contribution in [0.5, 0.6) is 0 Å². The van der Waals surface area contributed by atoms with E-state index in [2.05, 4.69) is 15.4 Å². The molecular formula is C25H19N5O3S. The van der Waals surface area contributed by atoms with Crippen molar-refractivity contribution in [3.63, 3.8) is 0 Å². The molecule has 0 saturated carbocycles. The lowest BCUT2D eigenvalue weighted by molar-refractivity contribution is -0.114. The first-order chi connectivity index (χ1) is 16.4. The Morgan fingerprint density at radius 2 is 1.68 bits per heavy atom. The number of imidazole rings is 1. The van der Waals surface area contributed by atoms with Gasteiger partial charge in [-0.2, -0.15) is 9.78 Å². The van der Waals surface area contributed by atoms with Gasteiger partial charge in [-0.1, -0.05) is 59.9 Å². The van der Waals surface area contributed by atoms with Crippen molar-refractivity contribution < 1.29 is 9.59 Å². The van der Waals surface area contributed by atoms with E-state index in [1.54, 1.807) is 24.3 Å². The number of rotatable bonds is 5. The fourth-order valence-electron chi connectivity index (χ4n) is 3.65. The molecule has 0 aliphatic carbocycles. The summed E-state index contributed by atoms with van der Waals surface area (Å²) in [7, 11) is 0. The Labute approximate surface area is 198 Å². The number of nitrogens with zero attached hydrogens (tertiary/aromatic N) is 4. The van der Waals surface area contributed by atoms with Crippen molar-refractivity contribution in [1.82, 2.24) is 19.2 Å². The standard InChI is InChI=1S/C25H19N5O3S/c1-15-23(34-25-27-21(14-29(15)25)17-9-5-3-6-10-17)22(32)19-13-20(26-16(2)31)24(33)30(28-19)18-11-7-4-8-12-18/h3-14H,1-2H3,(H,26,31). The van der Waals surface area contributed by atoms with Crippen LogP contribution in [0.15, 0.2) is 77.7 Å². The van der Waals surface area contributed by atoms with Crippen LogP contribution in [0.3, 0.4) is 0 Å². The molecule has 1 N–H and O–H groups in total. The van der Waals surface area contributed by atoms with Crippen molar-refractivity contribution in [2.24, 2.45) is 0 Å². The zero-order valence-electron chi connectivity index (χ0n) is 18.4. The van der Waals surface area contributed by atoms with Gasteiger partial charge in [-0.15, -0.1) is 0 Å². The monoisotopic (exact) mass is 469 g/mol. The zero-order chi connectivity index (χ0) is 23.8. The lowest BCUT2D eigenvalue weighted by Crippen LogP contribution is -2.28. The highest BCUT2D eigenvalue weighted by atomic mass is 32.1. The van der Waals surface area contributed by atoms with Crippen LogP contribution in [0.4, 0.5) is 5.69 Å². The molecule has 168 valence electrons. The highest BCUT2D eigenvalue weighted by molar-refractivity contribution is 7.19. The number of anilines is 1. The number of fused-ring (bicyclic) bond motifs is 1. The van der Waals surface area contributed by atoms with E-state index in [-0.39, 0.29) is 17.2 Å². The molecule has 5 rings (SSSR count). The Kier molecular flexibility index (Phi) is 5.39. The van der Waals surface area contributed by atoms with E-state index >= 15 is 0 Å². The van der Waals surface area contributed by atoms with E-state index in [1.165, 1.54) is 24.3 Å². The number of hydrogen-bond donors (Lipinski definition) is 1. The highest BCUT2D eigenvalue weighted by Gasteiger charge is 2.23. The number of ketones is 1. The molecule has 3 heterocycles. The fourth-order valence-corrected chi connectivity index (χ4v) is 4.71. The number of aryl methyl sites for hydroxylation is 1. The predicted octanol–water partition coefficient (Wildman–Crippen LogP) is 4.11. The second-order valence-electron chi connectivity index (χ2n) is 7.67. The van der Waals surface area contributed by atoms with Gasteiger partial charge in [0.15, 0.2) is 4.96 Å². The second kappa shape index (κ2) is 8.53. The molecule has 0 bridgehead atoms. The van der Waals surface area contributed by atoms with Crippen LogP contribution < -0.4 is 10.9 Å². The normalized spacial score (nSPS) is 11.0. The summed E-state index contributed by atoms with van der Waals surface area (Å²) in [5, 5.41) is 6.84. The van der Waals surface area contributed by atoms with Crippen LogP contribution in [0, 0.1) is 6.92 Å². The van der Waals surface area contributed by atoms with E-state index in [0.29, 0.717) is 15.5 Å². The molecule has 0 aliphatic heterocycles. The molecule has 2 aromatic carbocycles. The topological polar surface area (TPSA) is 98.4 Å². The third-order valence-electron chi connectivity index (χ3n) is 5.29. The lowest BCUT2D eigenvalue weighted by atomic mass is 10.2. The van der Waals surface area contributed by atoms with Crippen molar-refractivity contribution in [3.05, 3.63) is 99.5 Å². The molecule has 34 heavy (non-hydrogen) atoms. The summed E-state index contributed by atoms with van der Waals surface area (Å²) in [6, 6.07) is 19.9. The summed E-state index contributed by atoms with van der Waals surface area (Å²) in [6.07, 6.45) is 1.90. The van der Waals surface area contributed by atoms with Gasteiger partial charge in [-0.3, -0.25) is 18.8 Å². The molecule has 5 aromatic rings. The first-order valence-corrected chi connectivity index (χ1v) is 11.3. The number of nitrogens with one attached hydrogen (secondary N) is 1. The molecule has 0 fully saturated rings. The summed E-state index contributed by atoms with van der Waals surface area (Å²) in [5.74, 6) is -0.772. The molecule has 3 aromatic heterocycles. The third kappa shape index (κ3) is 3.82. The Morgan fingerprint density at radius 1 is 1.00 bits per heavy atom. The van der Waals surface area contributed by atoms with Gasteiger partial charge in [-0.05, 0) is 25.1 Å². The minimum absolute atomic E-state index is 0.0138. The van der Waals surface area contributed by atoms with Crippen molar-refractivity contribution in [1.29, 1.82) is 0 Å². The van der Waals surface area contributed by atoms with Crippen LogP contribution in [-0.2, 0) is 4.79 Å². The van der Waals surface area contributed by atoms with Crippen molar-refractivity contribution in [3.8, 4) is 16.9 Å². The average Bonchev–Trinajstić information content (AvgIpc) is 3.40. The number of amides is 1. The van der Waals surface area contributed by atoms with Crippen molar-refractivity contribution >= 4 is 33.7 Å². The predicted molar refractivity (Wildman–Crippen MR) is 131 cm³/mol. The molecule has 1 amide bonds. The van der Waals surface area contributed by atoms with Crippen molar-refractivity contribution in [2.45, 2.75) is 13.8 Å². The van der Waals surface area contributed by atoms with Crippen LogP contribution >= 0.6 is 11.3 Å². The Balaban J connectivity index is 1.60. The fraction of sp³-hybridized carbons (Fsp3) is 0.0800. The number of aromatic nitrogens is 4. The van der Waals surface area contributed by atoms with Gasteiger partial charge in [0.05, 0.1) is 16.3 Å². The van der Waals surface area contributed by atoms with Gasteiger partial charge < -0.3 is 5.32 Å². The average molecular weight is 470 g/mol. The largest absolute Gasteiger partial charge is 0.322 e. The molecule has 0 unspecified atom stereocenters. The lowest BCUT2D eigenvalue weighted by Gasteiger charge is -2.10. The van der Waals surface area contributed by atoms with Gasteiger partial charge in [0.25, 0.3) is 5.56 Å². The summed E-state index contributed by atoms with van der Waals surface area (Å²) in [6.45, 7) is 3.14. The van der Waals surface area contributed by atoms with Gasteiger partial charge in [-0.25, -0.2) is 4.98 Å². The summed E-state index contributed by atoms with van der Waals surface area (Å²) >= 11 is 1.26. The van der Waals surface area contributed by atoms with Gasteiger partial charge in [0, 0.05) is 24.4 Å². The number of hydrogen-bond acceptors (Lipinski definition) is 6. The number of para-hydroxylation sites is 1. The van der Waals surface area contributed by atoms with Gasteiger partial charge >= 0.3 is 0 Å². The molecule has 8 nitrogen and oxygen atoms in total. The number of thiazole rings is 1. The van der Waals surface area contributed by atoms with Gasteiger partial charge in [0.1, 0.15) is 11.4 Å². The van der Waals surface area contributed by atoms with Gasteiger partial charge in [0.2, 0.25) is 11.7 Å². The minimum atomic E-state index is -0.525. The Hall–Kier alpha value is -4.37. The van der Waals surface area contributed by atoms with Crippen LogP contribution in [0.1, 0.15) is 28.0 Å². The first-order valence-electron chi connectivity index (χ1n) is 10.5. The maximum absolute atomic E-state index is 13.5. The molecule has 0 saturated heterocycles. The SMILES string of the molecule is CC(=O)Nc1cc(C(=O)c2sc3nc(-c4ccccc4)cn3c2C)nn(-c2ccccc2)c1=O. The first kappa shape index (κ1) is 21.5. The number of benzene rings is 2. The molecule has 0 aliphatic rings. The van der Waals surface area contributed by atoms with Crippen LogP contribution in [0.25, 0.3) is 21.9 Å². The Morgan fingerprint density at radius 3 is 2.32 bits per heavy atom. The maximum Gasteiger partial charge on any atom is 0.295 e. The maximum atomic E-state index is 13.5. The zero-order valence-corrected chi connectivity index (χ0v) is 19.2. The smallest absolute Gasteiger partial charge is 0.295 e. The number of carbonyl (C=O) groups is 2. The molecule has 0 radical (unpaired) electrons. The van der Waals surface area contributed by atoms with Crippen LogP contribution in [-0.4, -0.2) is 30.9 Å². The molecule has 0 spiro atoms. The summed E-state index contributed by atoms with van der Waals surface area (Å²) in [4.78, 5) is 43.9. The molecule has 9 heteroatoms. The quantitative estimate of drug-likeness (QED) is 0.391. The number of carbonyl (C=O) groups excluding carboxylic acids is 2. The van der Waals surface area contributed by atoms with E-state index in [1.807, 2.05) is 53.9 Å². The van der Waals surface area contributed by atoms with E-state index in [9.17, 15) is 14.4 Å². The second-order valence-corrected chi connectivity index (χ2v) is 8.64. The van der Waals surface area contributed by atoms with E-state index in [4.69, 9.17) is 0 Å². The molecular weight excluding hydrogens is 450 g/mol. The molecule has 0 atom stereocenters. The third-order valence-corrected chi connectivity index (χ3v) is 6.44. The highest BCUT2D eigenvalue weighted by Crippen LogP contribution is 2.28. The van der Waals surface area contributed by atoms with Crippen LogP contribution in [0.2, 0.25) is 0 Å². The Bertz CT molecular complexity index is 1600. The summed E-state index contributed by atoms with van der Waals surface area (Å²) in [5.41, 5.74) is 2.52. The summed E-state index contributed by atoms with van der Waals surface area (Å²) < 4.78 is 3.00.